The summed E-state index contributed by atoms with van der Waals surface area (Å²) in [4.78, 5) is 17.4. The van der Waals surface area contributed by atoms with Crippen LogP contribution < -0.4 is 0 Å². The number of fused-ring (bicyclic) bond motifs is 1. The van der Waals surface area contributed by atoms with Crippen molar-refractivity contribution in [2.45, 2.75) is 0 Å². The summed E-state index contributed by atoms with van der Waals surface area (Å²) in [6.07, 6.45) is 0. The lowest BCUT2D eigenvalue weighted by Crippen LogP contribution is -2.36. The molecule has 2 aromatic rings. The minimum atomic E-state index is -0.0321. The van der Waals surface area contributed by atoms with Crippen LogP contribution in [0.15, 0.2) is 30.3 Å². The van der Waals surface area contributed by atoms with Gasteiger partial charge in [-0.15, -0.1) is 0 Å². The maximum absolute atomic E-state index is 12.5. The van der Waals surface area contributed by atoms with Crippen molar-refractivity contribution in [1.82, 2.24) is 9.88 Å². The van der Waals surface area contributed by atoms with E-state index < -0.39 is 0 Å². The lowest BCUT2D eigenvalue weighted by atomic mass is 10.2. The van der Waals surface area contributed by atoms with Crippen LogP contribution in [0, 0.1) is 0 Å². The first-order chi connectivity index (χ1) is 9.76. The molecule has 1 aromatic heterocycles. The molecular weight excluding hydrogens is 256 g/mol. The lowest BCUT2D eigenvalue weighted by molar-refractivity contribution is 0.0623. The molecule has 5 heteroatoms. The second kappa shape index (κ2) is 7.07. The Balaban J connectivity index is 2.16. The number of aromatic nitrogens is 1. The molecule has 0 aliphatic rings. The largest absolute Gasteiger partial charge is 0.383 e. The molecule has 20 heavy (non-hydrogen) atoms. The fourth-order valence-electron chi connectivity index (χ4n) is 2.08. The van der Waals surface area contributed by atoms with Crippen molar-refractivity contribution in [3.8, 4) is 0 Å². The SMILES string of the molecule is COCCN(CCOC)C(=O)c1cc2ccccc2[nH]1. The van der Waals surface area contributed by atoms with Gasteiger partial charge in [0.25, 0.3) is 5.91 Å². The summed E-state index contributed by atoms with van der Waals surface area (Å²) in [5, 5.41) is 1.04. The van der Waals surface area contributed by atoms with Crippen LogP contribution >= 0.6 is 0 Å². The summed E-state index contributed by atoms with van der Waals surface area (Å²) >= 11 is 0. The number of carbonyl (C=O) groups is 1. The number of rotatable bonds is 7. The minimum Gasteiger partial charge on any atom is -0.383 e. The second-order valence-corrected chi connectivity index (χ2v) is 4.55. The van der Waals surface area contributed by atoms with E-state index in [1.165, 1.54) is 0 Å². The first kappa shape index (κ1) is 14.6. The molecule has 1 amide bonds. The number of methoxy groups -OCH3 is 2. The number of H-pyrrole nitrogens is 1. The highest BCUT2D eigenvalue weighted by atomic mass is 16.5. The average Bonchev–Trinajstić information content (AvgIpc) is 2.90. The molecule has 108 valence electrons. The number of hydrogen-bond acceptors (Lipinski definition) is 3. The highest BCUT2D eigenvalue weighted by Gasteiger charge is 2.17. The third kappa shape index (κ3) is 3.37. The van der Waals surface area contributed by atoms with Gasteiger partial charge in [-0.2, -0.15) is 0 Å². The molecule has 0 aliphatic heterocycles. The Morgan fingerprint density at radius 3 is 2.40 bits per heavy atom. The number of nitrogens with one attached hydrogen (secondary N) is 1. The van der Waals surface area contributed by atoms with Gasteiger partial charge in [0.1, 0.15) is 5.69 Å². The van der Waals surface area contributed by atoms with Crippen molar-refractivity contribution < 1.29 is 14.3 Å². The van der Waals surface area contributed by atoms with E-state index >= 15 is 0 Å². The molecular formula is C15H20N2O3. The third-order valence-corrected chi connectivity index (χ3v) is 3.18. The van der Waals surface area contributed by atoms with Crippen LogP contribution in [0.5, 0.6) is 0 Å². The highest BCUT2D eigenvalue weighted by molar-refractivity contribution is 5.98. The number of aromatic amines is 1. The van der Waals surface area contributed by atoms with Crippen LogP contribution in [0.1, 0.15) is 10.5 Å². The first-order valence-corrected chi connectivity index (χ1v) is 6.61. The van der Waals surface area contributed by atoms with Gasteiger partial charge < -0.3 is 19.4 Å². The molecule has 5 nitrogen and oxygen atoms in total. The number of para-hydroxylation sites is 1. The summed E-state index contributed by atoms with van der Waals surface area (Å²) < 4.78 is 10.1. The Hall–Kier alpha value is -1.85. The van der Waals surface area contributed by atoms with Gasteiger partial charge in [-0.3, -0.25) is 4.79 Å². The molecule has 0 atom stereocenters. The van der Waals surface area contributed by atoms with Gasteiger partial charge >= 0.3 is 0 Å². The summed E-state index contributed by atoms with van der Waals surface area (Å²) in [6.45, 7) is 2.12. The quantitative estimate of drug-likeness (QED) is 0.840. The summed E-state index contributed by atoms with van der Waals surface area (Å²) in [5.41, 5.74) is 1.56. The molecule has 0 spiro atoms. The molecule has 1 aromatic carbocycles. The van der Waals surface area contributed by atoms with E-state index in [4.69, 9.17) is 9.47 Å². The monoisotopic (exact) mass is 276 g/mol. The molecule has 0 bridgehead atoms. The smallest absolute Gasteiger partial charge is 0.270 e. The van der Waals surface area contributed by atoms with Crippen LogP contribution in [0.25, 0.3) is 10.9 Å². The molecule has 0 saturated carbocycles. The van der Waals surface area contributed by atoms with Gasteiger partial charge in [0, 0.05) is 38.2 Å². The van der Waals surface area contributed by atoms with E-state index in [9.17, 15) is 4.79 Å². The molecule has 0 unspecified atom stereocenters. The molecule has 1 N–H and O–H groups in total. The van der Waals surface area contributed by atoms with Gasteiger partial charge in [0.05, 0.1) is 13.2 Å². The Morgan fingerprint density at radius 2 is 1.80 bits per heavy atom. The van der Waals surface area contributed by atoms with E-state index in [0.717, 1.165) is 10.9 Å². The van der Waals surface area contributed by atoms with Crippen molar-refractivity contribution in [3.05, 3.63) is 36.0 Å². The fourth-order valence-corrected chi connectivity index (χ4v) is 2.08. The van der Waals surface area contributed by atoms with Crippen LogP contribution in [-0.4, -0.2) is 56.3 Å². The Labute approximate surface area is 118 Å². The number of hydrogen-bond donors (Lipinski definition) is 1. The summed E-state index contributed by atoms with van der Waals surface area (Å²) in [6, 6.07) is 9.72. The van der Waals surface area contributed by atoms with Crippen LogP contribution in [0.2, 0.25) is 0 Å². The van der Waals surface area contributed by atoms with Crippen molar-refractivity contribution in [1.29, 1.82) is 0 Å². The lowest BCUT2D eigenvalue weighted by Gasteiger charge is -2.21. The molecule has 0 saturated heterocycles. The number of carbonyl (C=O) groups excluding carboxylic acids is 1. The average molecular weight is 276 g/mol. The van der Waals surface area contributed by atoms with Gasteiger partial charge in [-0.1, -0.05) is 18.2 Å². The maximum atomic E-state index is 12.5. The summed E-state index contributed by atoms with van der Waals surface area (Å²) in [5.74, 6) is -0.0321. The maximum Gasteiger partial charge on any atom is 0.270 e. The third-order valence-electron chi connectivity index (χ3n) is 3.18. The van der Waals surface area contributed by atoms with Gasteiger partial charge in [0.15, 0.2) is 0 Å². The van der Waals surface area contributed by atoms with Gasteiger partial charge in [0.2, 0.25) is 0 Å². The molecule has 2 rings (SSSR count). The highest BCUT2D eigenvalue weighted by Crippen LogP contribution is 2.16. The zero-order chi connectivity index (χ0) is 14.4. The second-order valence-electron chi connectivity index (χ2n) is 4.55. The summed E-state index contributed by atoms with van der Waals surface area (Å²) in [7, 11) is 3.25. The Bertz CT molecular complexity index is 524. The normalized spacial score (nSPS) is 10.9. The zero-order valence-corrected chi connectivity index (χ0v) is 11.9. The molecule has 1 heterocycles. The Morgan fingerprint density at radius 1 is 1.15 bits per heavy atom. The van der Waals surface area contributed by atoms with E-state index in [-0.39, 0.29) is 5.91 Å². The topological polar surface area (TPSA) is 54.6 Å². The Kier molecular flexibility index (Phi) is 5.15. The predicted molar refractivity (Wildman–Crippen MR) is 78.0 cm³/mol. The predicted octanol–water partition coefficient (Wildman–Crippen LogP) is 1.90. The molecule has 0 radical (unpaired) electrons. The van der Waals surface area contributed by atoms with E-state index in [1.807, 2.05) is 30.3 Å². The minimum absolute atomic E-state index is 0.0321. The van der Waals surface area contributed by atoms with Crippen LogP contribution in [0.4, 0.5) is 0 Å². The van der Waals surface area contributed by atoms with Gasteiger partial charge in [-0.25, -0.2) is 0 Å². The number of benzene rings is 1. The van der Waals surface area contributed by atoms with Crippen molar-refractivity contribution >= 4 is 16.8 Å². The van der Waals surface area contributed by atoms with E-state index in [0.29, 0.717) is 32.0 Å². The molecule has 0 fully saturated rings. The number of amides is 1. The number of ether oxygens (including phenoxy) is 2. The molecule has 0 aliphatic carbocycles. The van der Waals surface area contributed by atoms with Crippen molar-refractivity contribution in [2.75, 3.05) is 40.5 Å². The zero-order valence-electron chi connectivity index (χ0n) is 11.9. The number of nitrogens with zero attached hydrogens (tertiary/aromatic N) is 1. The van der Waals surface area contributed by atoms with E-state index in [1.54, 1.807) is 19.1 Å². The first-order valence-electron chi connectivity index (χ1n) is 6.61. The fraction of sp³-hybridized carbons (Fsp3) is 0.400. The van der Waals surface area contributed by atoms with Crippen LogP contribution in [0.3, 0.4) is 0 Å². The van der Waals surface area contributed by atoms with Crippen LogP contribution in [-0.2, 0) is 9.47 Å². The van der Waals surface area contributed by atoms with E-state index in [2.05, 4.69) is 4.98 Å². The van der Waals surface area contributed by atoms with Crippen molar-refractivity contribution in [3.63, 3.8) is 0 Å². The van der Waals surface area contributed by atoms with Gasteiger partial charge in [-0.05, 0) is 12.1 Å². The van der Waals surface area contributed by atoms with Crippen molar-refractivity contribution in [2.24, 2.45) is 0 Å². The standard InChI is InChI=1S/C15H20N2O3/c1-19-9-7-17(8-10-20-2)15(18)14-11-12-5-3-4-6-13(12)16-14/h3-6,11,16H,7-10H2,1-2H3.